The third kappa shape index (κ3) is 1.02. The van der Waals surface area contributed by atoms with Crippen molar-refractivity contribution in [3.05, 3.63) is 9.78 Å². The topological polar surface area (TPSA) is 29.1 Å². The normalized spacial score (nSPS) is 27.5. The monoisotopic (exact) mass is 223 g/mol. The van der Waals surface area contributed by atoms with E-state index in [0.29, 0.717) is 0 Å². The summed E-state index contributed by atoms with van der Waals surface area (Å²) in [7, 11) is 0. The van der Waals surface area contributed by atoms with Crippen LogP contribution in [0.4, 0.5) is 0 Å². The van der Waals surface area contributed by atoms with Crippen molar-refractivity contribution in [1.29, 1.82) is 0 Å². The van der Waals surface area contributed by atoms with E-state index in [1.807, 2.05) is 6.92 Å². The Morgan fingerprint density at radius 1 is 1.88 bits per heavy atom. The maximum absolute atomic E-state index is 10.6. The summed E-state index contributed by atoms with van der Waals surface area (Å²) in [4.78, 5) is 10.6. The van der Waals surface area contributed by atoms with Gasteiger partial charge in [0.2, 0.25) is 0 Å². The summed E-state index contributed by atoms with van der Waals surface area (Å²) in [5.41, 5.74) is 0. The summed E-state index contributed by atoms with van der Waals surface area (Å²) in [5.74, 6) is 0.175. The molecule has 0 fully saturated rings. The summed E-state index contributed by atoms with van der Waals surface area (Å²) in [6.45, 7) is 1.85. The van der Waals surface area contributed by atoms with Gasteiger partial charge in [0.05, 0.1) is 9.75 Å². The minimum Gasteiger partial charge on any atom is -0.370 e. The molecule has 0 saturated carbocycles. The van der Waals surface area contributed by atoms with E-state index in [2.05, 4.69) is 27.9 Å². The molecule has 1 N–H and O–H groups in total. The zero-order chi connectivity index (χ0) is 6.15. The summed E-state index contributed by atoms with van der Waals surface area (Å²) < 4.78 is 0.945. The summed E-state index contributed by atoms with van der Waals surface area (Å²) >= 11 is 2.09. The van der Waals surface area contributed by atoms with E-state index in [4.69, 9.17) is 0 Å². The van der Waals surface area contributed by atoms with Gasteiger partial charge in [-0.1, -0.05) is 0 Å². The van der Waals surface area contributed by atoms with E-state index in [0.717, 1.165) is 3.70 Å². The second-order valence-electron chi connectivity index (χ2n) is 1.76. The smallest absolute Gasteiger partial charge is 0.180 e. The average Bonchev–Trinajstić information content (AvgIpc) is 1.85. The van der Waals surface area contributed by atoms with Gasteiger partial charge in [-0.15, -0.1) is 0 Å². The molecule has 3 heteroatoms. The lowest BCUT2D eigenvalue weighted by atomic mass is 10.3. The minimum absolute atomic E-state index is 0.00176. The van der Waals surface area contributed by atoms with Crippen LogP contribution in [0, 0.1) is 0 Å². The van der Waals surface area contributed by atoms with Crippen molar-refractivity contribution in [2.75, 3.05) is 0 Å². The number of hydrogen-bond donors (Lipinski definition) is 1. The average molecular weight is 223 g/mol. The van der Waals surface area contributed by atoms with Crippen LogP contribution >= 0.6 is 22.6 Å². The fraction of sp³-hybridized carbons (Fsp3) is 0.400. The second-order valence-corrected chi connectivity index (χ2v) is 2.92. The first-order valence-corrected chi connectivity index (χ1v) is 3.45. The number of carbonyl (C=O) groups excluding carboxylic acids is 1. The van der Waals surface area contributed by atoms with E-state index < -0.39 is 0 Å². The van der Waals surface area contributed by atoms with Crippen LogP contribution in [0.3, 0.4) is 0 Å². The SMILES string of the molecule is CC1NC(I)=CC1=O. The zero-order valence-corrected chi connectivity index (χ0v) is 6.60. The van der Waals surface area contributed by atoms with Crippen LogP contribution in [0.2, 0.25) is 0 Å². The predicted octanol–water partition coefficient (Wildman–Crippen LogP) is 0.824. The van der Waals surface area contributed by atoms with Crippen molar-refractivity contribution in [2.24, 2.45) is 0 Å². The molecular formula is C5H6INO. The molecule has 1 aliphatic rings. The maximum atomic E-state index is 10.6. The lowest BCUT2D eigenvalue weighted by molar-refractivity contribution is -0.115. The highest BCUT2D eigenvalue weighted by atomic mass is 127. The van der Waals surface area contributed by atoms with Crippen LogP contribution in [0.1, 0.15) is 6.92 Å². The van der Waals surface area contributed by atoms with Gasteiger partial charge in [-0.25, -0.2) is 0 Å². The van der Waals surface area contributed by atoms with Crippen LogP contribution in [0.5, 0.6) is 0 Å². The second kappa shape index (κ2) is 2.05. The fourth-order valence-corrected chi connectivity index (χ4v) is 1.34. The van der Waals surface area contributed by atoms with Crippen LogP contribution < -0.4 is 5.32 Å². The highest BCUT2D eigenvalue weighted by Crippen LogP contribution is 2.10. The van der Waals surface area contributed by atoms with Gasteiger partial charge in [-0.05, 0) is 29.5 Å². The Labute approximate surface area is 61.5 Å². The number of ketones is 1. The Morgan fingerprint density at radius 2 is 2.50 bits per heavy atom. The Bertz CT molecular complexity index is 153. The molecule has 0 saturated heterocycles. The van der Waals surface area contributed by atoms with Gasteiger partial charge in [-0.3, -0.25) is 4.79 Å². The van der Waals surface area contributed by atoms with Crippen molar-refractivity contribution >= 4 is 28.4 Å². The molecule has 0 bridgehead atoms. The highest BCUT2D eigenvalue weighted by Gasteiger charge is 2.16. The molecule has 0 aromatic rings. The first kappa shape index (κ1) is 6.07. The number of hydrogen-bond acceptors (Lipinski definition) is 2. The minimum atomic E-state index is 0.00176. The lowest BCUT2D eigenvalue weighted by Gasteiger charge is -1.99. The summed E-state index contributed by atoms with van der Waals surface area (Å²) in [5, 5.41) is 2.96. The molecule has 1 unspecified atom stereocenters. The first-order chi connectivity index (χ1) is 3.70. The third-order valence-electron chi connectivity index (χ3n) is 1.05. The Kier molecular flexibility index (Phi) is 1.55. The van der Waals surface area contributed by atoms with E-state index >= 15 is 0 Å². The molecule has 0 radical (unpaired) electrons. The van der Waals surface area contributed by atoms with E-state index in [1.165, 1.54) is 0 Å². The van der Waals surface area contributed by atoms with Crippen molar-refractivity contribution in [2.45, 2.75) is 13.0 Å². The zero-order valence-electron chi connectivity index (χ0n) is 4.44. The van der Waals surface area contributed by atoms with Crippen LogP contribution in [-0.4, -0.2) is 11.8 Å². The van der Waals surface area contributed by atoms with E-state index in [-0.39, 0.29) is 11.8 Å². The molecule has 0 amide bonds. The number of rotatable bonds is 0. The first-order valence-electron chi connectivity index (χ1n) is 2.38. The highest BCUT2D eigenvalue weighted by molar-refractivity contribution is 14.1. The molecule has 8 heavy (non-hydrogen) atoms. The molecule has 1 atom stereocenters. The Balaban J connectivity index is 2.70. The molecule has 2 nitrogen and oxygen atoms in total. The largest absolute Gasteiger partial charge is 0.370 e. The van der Waals surface area contributed by atoms with Gasteiger partial charge in [0.1, 0.15) is 0 Å². The van der Waals surface area contributed by atoms with Crippen LogP contribution in [0.25, 0.3) is 0 Å². The quantitative estimate of drug-likeness (QED) is 0.486. The fourth-order valence-electron chi connectivity index (χ4n) is 0.570. The molecule has 1 rings (SSSR count). The van der Waals surface area contributed by atoms with Gasteiger partial charge in [0, 0.05) is 6.08 Å². The Morgan fingerprint density at radius 3 is 2.62 bits per heavy atom. The molecular weight excluding hydrogens is 217 g/mol. The maximum Gasteiger partial charge on any atom is 0.180 e. The molecule has 0 spiro atoms. The molecule has 1 aliphatic heterocycles. The van der Waals surface area contributed by atoms with Gasteiger partial charge >= 0.3 is 0 Å². The standard InChI is InChI=1S/C5H6INO/c1-3-4(8)2-5(6)7-3/h2-3,7H,1H3. The van der Waals surface area contributed by atoms with Crippen LogP contribution in [0.15, 0.2) is 9.78 Å². The number of nitrogens with one attached hydrogen (secondary N) is 1. The van der Waals surface area contributed by atoms with Crippen molar-refractivity contribution < 1.29 is 4.79 Å². The summed E-state index contributed by atoms with van der Waals surface area (Å²) in [6, 6.07) is 0.00176. The van der Waals surface area contributed by atoms with Crippen molar-refractivity contribution in [1.82, 2.24) is 5.32 Å². The Hall–Kier alpha value is -0.0600. The molecule has 1 heterocycles. The van der Waals surface area contributed by atoms with Crippen molar-refractivity contribution in [3.8, 4) is 0 Å². The molecule has 44 valence electrons. The molecule has 0 aromatic heterocycles. The predicted molar refractivity (Wildman–Crippen MR) is 39.7 cm³/mol. The summed E-state index contributed by atoms with van der Waals surface area (Å²) in [6.07, 6.45) is 1.62. The van der Waals surface area contributed by atoms with Gasteiger partial charge in [-0.2, -0.15) is 0 Å². The van der Waals surface area contributed by atoms with E-state index in [9.17, 15) is 4.79 Å². The van der Waals surface area contributed by atoms with Gasteiger partial charge in [0.25, 0.3) is 0 Å². The van der Waals surface area contributed by atoms with E-state index in [1.54, 1.807) is 6.08 Å². The molecule has 0 aliphatic carbocycles. The lowest BCUT2D eigenvalue weighted by Crippen LogP contribution is -2.23. The van der Waals surface area contributed by atoms with Crippen molar-refractivity contribution in [3.63, 3.8) is 0 Å². The number of halogens is 1. The van der Waals surface area contributed by atoms with Gasteiger partial charge < -0.3 is 5.32 Å². The third-order valence-corrected chi connectivity index (χ3v) is 1.67. The molecule has 0 aromatic carbocycles. The van der Waals surface area contributed by atoms with Gasteiger partial charge in [0.15, 0.2) is 5.78 Å². The number of carbonyl (C=O) groups is 1. The van der Waals surface area contributed by atoms with Crippen LogP contribution in [-0.2, 0) is 4.79 Å².